The van der Waals surface area contributed by atoms with Gasteiger partial charge in [0, 0.05) is 0 Å². The minimum atomic E-state index is -3.79. The van der Waals surface area contributed by atoms with Gasteiger partial charge in [0.25, 0.3) is 0 Å². The molecule has 1 aliphatic rings. The molecule has 0 aromatic rings. The Labute approximate surface area is 89.9 Å². The summed E-state index contributed by atoms with van der Waals surface area (Å²) in [5.41, 5.74) is -1.72. The van der Waals surface area contributed by atoms with Crippen molar-refractivity contribution in [2.24, 2.45) is 5.92 Å². The van der Waals surface area contributed by atoms with Gasteiger partial charge in [-0.05, 0) is 12.8 Å². The van der Waals surface area contributed by atoms with Gasteiger partial charge in [0.15, 0.2) is 15.3 Å². The average molecular weight is 232 g/mol. The molecule has 0 saturated carbocycles. The fourth-order valence-corrected chi connectivity index (χ4v) is 3.21. The van der Waals surface area contributed by atoms with Crippen LogP contribution in [-0.4, -0.2) is 35.4 Å². The molecule has 4 nitrogen and oxygen atoms in total. The SMILES string of the molecule is CC1C=CC=CC1(C)S(=O)(=O)C(O)CO. The lowest BCUT2D eigenvalue weighted by atomic mass is 9.91. The lowest BCUT2D eigenvalue weighted by molar-refractivity contribution is 0.149. The summed E-state index contributed by atoms with van der Waals surface area (Å²) in [6.45, 7) is 2.54. The number of aliphatic hydroxyl groups excluding tert-OH is 2. The number of hydrogen-bond donors (Lipinski definition) is 2. The van der Waals surface area contributed by atoms with Gasteiger partial charge in [-0.3, -0.25) is 0 Å². The highest BCUT2D eigenvalue weighted by atomic mass is 32.2. The number of hydrogen-bond acceptors (Lipinski definition) is 4. The molecule has 15 heavy (non-hydrogen) atoms. The van der Waals surface area contributed by atoms with E-state index >= 15 is 0 Å². The van der Waals surface area contributed by atoms with Crippen LogP contribution in [0.5, 0.6) is 0 Å². The van der Waals surface area contributed by atoms with Crippen LogP contribution < -0.4 is 0 Å². The highest BCUT2D eigenvalue weighted by Crippen LogP contribution is 2.34. The quantitative estimate of drug-likeness (QED) is 0.730. The molecular weight excluding hydrogens is 216 g/mol. The zero-order valence-corrected chi connectivity index (χ0v) is 9.61. The third-order valence-corrected chi connectivity index (χ3v) is 5.57. The highest BCUT2D eigenvalue weighted by molar-refractivity contribution is 7.93. The minimum Gasteiger partial charge on any atom is -0.393 e. The van der Waals surface area contributed by atoms with E-state index in [0.717, 1.165) is 0 Å². The molecule has 3 unspecified atom stereocenters. The van der Waals surface area contributed by atoms with Crippen LogP contribution in [0, 0.1) is 5.92 Å². The van der Waals surface area contributed by atoms with Gasteiger partial charge in [0.2, 0.25) is 0 Å². The maximum absolute atomic E-state index is 12.0. The van der Waals surface area contributed by atoms with Crippen LogP contribution in [0.3, 0.4) is 0 Å². The standard InChI is InChI=1S/C10H16O4S/c1-8-5-3-4-6-10(8,2)15(13,14)9(12)7-11/h3-6,8-9,11-12H,7H2,1-2H3. The van der Waals surface area contributed by atoms with Crippen molar-refractivity contribution in [3.8, 4) is 0 Å². The zero-order chi connectivity index (χ0) is 11.7. The van der Waals surface area contributed by atoms with Crippen molar-refractivity contribution in [2.75, 3.05) is 6.61 Å². The monoisotopic (exact) mass is 232 g/mol. The number of sulfone groups is 1. The van der Waals surface area contributed by atoms with E-state index in [2.05, 4.69) is 0 Å². The van der Waals surface area contributed by atoms with Gasteiger partial charge in [-0.25, -0.2) is 8.42 Å². The Balaban J connectivity index is 3.16. The number of rotatable bonds is 3. The molecule has 0 spiro atoms. The first-order chi connectivity index (χ1) is 6.86. The van der Waals surface area contributed by atoms with Crippen molar-refractivity contribution in [2.45, 2.75) is 24.0 Å². The molecule has 0 saturated heterocycles. The Morgan fingerprint density at radius 3 is 2.53 bits per heavy atom. The van der Waals surface area contributed by atoms with Crippen LogP contribution in [0.25, 0.3) is 0 Å². The summed E-state index contributed by atoms with van der Waals surface area (Å²) < 4.78 is 22.8. The van der Waals surface area contributed by atoms with Crippen molar-refractivity contribution in [1.82, 2.24) is 0 Å². The molecule has 0 aliphatic heterocycles. The molecule has 0 amide bonds. The van der Waals surface area contributed by atoms with Gasteiger partial charge in [0.1, 0.15) is 0 Å². The van der Waals surface area contributed by atoms with Gasteiger partial charge >= 0.3 is 0 Å². The molecule has 2 N–H and O–H groups in total. The van der Waals surface area contributed by atoms with E-state index in [4.69, 9.17) is 5.11 Å². The summed E-state index contributed by atoms with van der Waals surface area (Å²) in [4.78, 5) is 0. The summed E-state index contributed by atoms with van der Waals surface area (Å²) >= 11 is 0. The minimum absolute atomic E-state index is 0.228. The second-order valence-electron chi connectivity index (χ2n) is 3.90. The highest BCUT2D eigenvalue weighted by Gasteiger charge is 2.45. The smallest absolute Gasteiger partial charge is 0.188 e. The topological polar surface area (TPSA) is 74.6 Å². The molecular formula is C10H16O4S. The molecule has 0 radical (unpaired) electrons. The van der Waals surface area contributed by atoms with Crippen molar-refractivity contribution in [3.05, 3.63) is 24.3 Å². The molecule has 0 heterocycles. The Morgan fingerprint density at radius 2 is 2.07 bits per heavy atom. The summed E-state index contributed by atoms with van der Waals surface area (Å²) in [5.74, 6) is -0.228. The summed E-state index contributed by atoms with van der Waals surface area (Å²) in [6, 6.07) is 0. The van der Waals surface area contributed by atoms with E-state index in [0.29, 0.717) is 0 Å². The first-order valence-electron chi connectivity index (χ1n) is 4.74. The predicted molar refractivity (Wildman–Crippen MR) is 57.9 cm³/mol. The molecule has 3 atom stereocenters. The van der Waals surface area contributed by atoms with Gasteiger partial charge in [-0.1, -0.05) is 31.2 Å². The van der Waals surface area contributed by atoms with E-state index in [-0.39, 0.29) is 5.92 Å². The van der Waals surface area contributed by atoms with E-state index < -0.39 is 26.6 Å². The van der Waals surface area contributed by atoms with E-state index in [1.807, 2.05) is 0 Å². The maximum Gasteiger partial charge on any atom is 0.188 e. The van der Waals surface area contributed by atoms with Crippen LogP contribution >= 0.6 is 0 Å². The summed E-state index contributed by atoms with van der Waals surface area (Å²) in [7, 11) is -3.79. The lowest BCUT2D eigenvalue weighted by Crippen LogP contribution is -2.46. The molecule has 0 bridgehead atoms. The van der Waals surface area contributed by atoms with Crippen LogP contribution in [0.2, 0.25) is 0 Å². The van der Waals surface area contributed by atoms with Crippen molar-refractivity contribution < 1.29 is 18.6 Å². The second-order valence-corrected chi connectivity index (χ2v) is 6.41. The molecule has 5 heteroatoms. The normalized spacial score (nSPS) is 32.9. The Morgan fingerprint density at radius 1 is 1.47 bits per heavy atom. The lowest BCUT2D eigenvalue weighted by Gasteiger charge is -2.33. The first kappa shape index (κ1) is 12.4. The van der Waals surface area contributed by atoms with E-state index in [9.17, 15) is 13.5 Å². The van der Waals surface area contributed by atoms with Crippen molar-refractivity contribution in [3.63, 3.8) is 0 Å². The fourth-order valence-electron chi connectivity index (χ4n) is 1.57. The molecule has 0 aromatic carbocycles. The molecule has 86 valence electrons. The summed E-state index contributed by atoms with van der Waals surface area (Å²) in [6.07, 6.45) is 6.72. The fraction of sp³-hybridized carbons (Fsp3) is 0.600. The van der Waals surface area contributed by atoms with Gasteiger partial charge in [0.05, 0.1) is 11.4 Å². The van der Waals surface area contributed by atoms with Crippen LogP contribution in [0.4, 0.5) is 0 Å². The van der Waals surface area contributed by atoms with Crippen molar-refractivity contribution >= 4 is 9.84 Å². The van der Waals surface area contributed by atoms with Crippen molar-refractivity contribution in [1.29, 1.82) is 0 Å². The zero-order valence-electron chi connectivity index (χ0n) is 8.79. The Bertz CT molecular complexity index is 382. The molecule has 1 aliphatic carbocycles. The second kappa shape index (κ2) is 4.08. The van der Waals surface area contributed by atoms with Gasteiger partial charge < -0.3 is 10.2 Å². The third kappa shape index (κ3) is 1.87. The van der Waals surface area contributed by atoms with E-state index in [1.165, 1.54) is 0 Å². The van der Waals surface area contributed by atoms with Gasteiger partial charge in [-0.15, -0.1) is 0 Å². The number of aliphatic hydroxyl groups is 2. The summed E-state index contributed by atoms with van der Waals surface area (Å²) in [5, 5.41) is 18.1. The Kier molecular flexibility index (Phi) is 3.38. The third-order valence-electron chi connectivity index (χ3n) is 2.97. The van der Waals surface area contributed by atoms with Gasteiger partial charge in [-0.2, -0.15) is 0 Å². The van der Waals surface area contributed by atoms with Crippen LogP contribution in [-0.2, 0) is 9.84 Å². The molecule has 0 fully saturated rings. The largest absolute Gasteiger partial charge is 0.393 e. The predicted octanol–water partition coefficient (Wildman–Crippen LogP) is 0.233. The average Bonchev–Trinajstić information content (AvgIpc) is 2.21. The molecule has 0 aromatic heterocycles. The van der Waals surface area contributed by atoms with Crippen LogP contribution in [0.15, 0.2) is 24.3 Å². The van der Waals surface area contributed by atoms with Crippen LogP contribution in [0.1, 0.15) is 13.8 Å². The number of allylic oxidation sites excluding steroid dienone is 3. The maximum atomic E-state index is 12.0. The van der Waals surface area contributed by atoms with E-state index in [1.54, 1.807) is 38.2 Å². The molecule has 1 rings (SSSR count). The first-order valence-corrected chi connectivity index (χ1v) is 6.29. The Hall–Kier alpha value is -0.650.